The number of hydrogen-bond donors (Lipinski definition) is 2. The lowest BCUT2D eigenvalue weighted by molar-refractivity contribution is -0.118. The van der Waals surface area contributed by atoms with E-state index in [4.69, 9.17) is 27.9 Å². The Morgan fingerprint density at radius 3 is 2.46 bits per heavy atom. The van der Waals surface area contributed by atoms with E-state index in [0.29, 0.717) is 27.3 Å². The van der Waals surface area contributed by atoms with Gasteiger partial charge in [-0.1, -0.05) is 29.3 Å². The number of rotatable bonds is 6. The fourth-order valence-corrected chi connectivity index (χ4v) is 2.45. The average Bonchev–Trinajstić information content (AvgIpc) is 2.63. The lowest BCUT2D eigenvalue weighted by atomic mass is 10.3. The van der Waals surface area contributed by atoms with Gasteiger partial charge in [-0.3, -0.25) is 4.79 Å². The fraction of sp³-hybridized carbons (Fsp3) is 0.0526. The van der Waals surface area contributed by atoms with Crippen LogP contribution in [0, 0.1) is 0 Å². The summed E-state index contributed by atoms with van der Waals surface area (Å²) in [5.41, 5.74) is 1.41. The lowest BCUT2D eigenvalue weighted by Crippen LogP contribution is -2.20. The molecule has 0 aliphatic carbocycles. The van der Waals surface area contributed by atoms with E-state index in [0.717, 1.165) is 5.69 Å². The van der Waals surface area contributed by atoms with Gasteiger partial charge in [-0.25, -0.2) is 4.98 Å². The summed E-state index contributed by atoms with van der Waals surface area (Å²) >= 11 is 11.7. The topological polar surface area (TPSA) is 63.2 Å². The van der Waals surface area contributed by atoms with Gasteiger partial charge < -0.3 is 15.4 Å². The minimum Gasteiger partial charge on any atom is -0.484 e. The molecule has 5 nitrogen and oxygen atoms in total. The summed E-state index contributed by atoms with van der Waals surface area (Å²) in [7, 11) is 0. The molecule has 0 fully saturated rings. The molecule has 26 heavy (non-hydrogen) atoms. The number of carbonyl (C=O) groups excluding carboxylic acids is 1. The molecule has 2 aromatic carbocycles. The van der Waals surface area contributed by atoms with E-state index in [2.05, 4.69) is 15.6 Å². The SMILES string of the molecule is O=C(COc1ccc(Cl)cc1)Nc1ccc(Nc2cccc(Cl)c2)nc1. The lowest BCUT2D eigenvalue weighted by Gasteiger charge is -2.09. The summed E-state index contributed by atoms with van der Waals surface area (Å²) in [6.45, 7) is -0.107. The number of anilines is 3. The first-order chi connectivity index (χ1) is 12.6. The zero-order valence-corrected chi connectivity index (χ0v) is 15.1. The van der Waals surface area contributed by atoms with Gasteiger partial charge in [0.15, 0.2) is 6.61 Å². The normalized spacial score (nSPS) is 10.2. The third kappa shape index (κ3) is 5.37. The van der Waals surface area contributed by atoms with Gasteiger partial charge in [0.25, 0.3) is 5.91 Å². The highest BCUT2D eigenvalue weighted by molar-refractivity contribution is 6.31. The maximum Gasteiger partial charge on any atom is 0.262 e. The molecule has 0 aliphatic heterocycles. The number of benzene rings is 2. The highest BCUT2D eigenvalue weighted by atomic mass is 35.5. The molecular weight excluding hydrogens is 373 g/mol. The molecule has 1 amide bonds. The third-order valence-electron chi connectivity index (χ3n) is 3.33. The second kappa shape index (κ2) is 8.56. The van der Waals surface area contributed by atoms with Gasteiger partial charge in [0.1, 0.15) is 11.6 Å². The number of halogens is 2. The van der Waals surface area contributed by atoms with Crippen LogP contribution in [0.3, 0.4) is 0 Å². The van der Waals surface area contributed by atoms with E-state index in [-0.39, 0.29) is 12.5 Å². The largest absolute Gasteiger partial charge is 0.484 e. The van der Waals surface area contributed by atoms with Crippen LogP contribution >= 0.6 is 23.2 Å². The molecule has 0 unspecified atom stereocenters. The molecule has 1 heterocycles. The Balaban J connectivity index is 1.51. The Hall–Kier alpha value is -2.76. The van der Waals surface area contributed by atoms with Crippen molar-refractivity contribution >= 4 is 46.3 Å². The Morgan fingerprint density at radius 1 is 0.962 bits per heavy atom. The quantitative estimate of drug-likeness (QED) is 0.613. The van der Waals surface area contributed by atoms with Crippen molar-refractivity contribution in [2.45, 2.75) is 0 Å². The number of amides is 1. The van der Waals surface area contributed by atoms with Gasteiger partial charge in [-0.15, -0.1) is 0 Å². The second-order valence-corrected chi connectivity index (χ2v) is 6.23. The van der Waals surface area contributed by atoms with Crippen LogP contribution in [0.25, 0.3) is 0 Å². The van der Waals surface area contributed by atoms with Crippen LogP contribution in [0.4, 0.5) is 17.2 Å². The average molecular weight is 388 g/mol. The number of carbonyl (C=O) groups is 1. The number of nitrogens with zero attached hydrogens (tertiary/aromatic N) is 1. The van der Waals surface area contributed by atoms with Crippen LogP contribution in [0.2, 0.25) is 10.0 Å². The van der Waals surface area contributed by atoms with Crippen molar-refractivity contribution in [3.05, 3.63) is 76.9 Å². The van der Waals surface area contributed by atoms with Crippen molar-refractivity contribution in [1.82, 2.24) is 4.98 Å². The van der Waals surface area contributed by atoms with Crippen LogP contribution in [0.5, 0.6) is 5.75 Å². The summed E-state index contributed by atoms with van der Waals surface area (Å²) in [6, 6.07) is 17.6. The zero-order valence-electron chi connectivity index (χ0n) is 13.6. The van der Waals surface area contributed by atoms with Crippen LogP contribution in [0.1, 0.15) is 0 Å². The van der Waals surface area contributed by atoms with E-state index < -0.39 is 0 Å². The Bertz CT molecular complexity index is 884. The molecule has 3 rings (SSSR count). The minimum atomic E-state index is -0.280. The monoisotopic (exact) mass is 387 g/mol. The molecule has 0 atom stereocenters. The second-order valence-electron chi connectivity index (χ2n) is 5.36. The Kier molecular flexibility index (Phi) is 5.94. The number of pyridine rings is 1. The van der Waals surface area contributed by atoms with Gasteiger partial charge in [-0.2, -0.15) is 0 Å². The molecule has 0 spiro atoms. The Labute approximate surface area is 160 Å². The number of aromatic nitrogens is 1. The highest BCUT2D eigenvalue weighted by Gasteiger charge is 2.05. The van der Waals surface area contributed by atoms with Crippen LogP contribution in [0.15, 0.2) is 66.9 Å². The third-order valence-corrected chi connectivity index (χ3v) is 3.81. The molecule has 3 aromatic rings. The maximum absolute atomic E-state index is 11.9. The summed E-state index contributed by atoms with van der Waals surface area (Å²) in [4.78, 5) is 16.2. The number of ether oxygens (including phenoxy) is 1. The standard InChI is InChI=1S/C19H15Cl2N3O2/c20-13-4-7-17(8-5-13)26-12-19(25)24-16-6-9-18(22-11-16)23-15-3-1-2-14(21)10-15/h1-11H,12H2,(H,22,23)(H,24,25). The van der Waals surface area contributed by atoms with Crippen molar-refractivity contribution < 1.29 is 9.53 Å². The maximum atomic E-state index is 11.9. The van der Waals surface area contributed by atoms with E-state index in [9.17, 15) is 4.79 Å². The van der Waals surface area contributed by atoms with Gasteiger partial charge in [0.2, 0.25) is 0 Å². The van der Waals surface area contributed by atoms with Crippen molar-refractivity contribution in [3.63, 3.8) is 0 Å². The van der Waals surface area contributed by atoms with Crippen LogP contribution < -0.4 is 15.4 Å². The van der Waals surface area contributed by atoms with Crippen molar-refractivity contribution in [2.24, 2.45) is 0 Å². The van der Waals surface area contributed by atoms with Crippen molar-refractivity contribution in [2.75, 3.05) is 17.2 Å². The molecular formula is C19H15Cl2N3O2. The van der Waals surface area contributed by atoms with Crippen molar-refractivity contribution in [1.29, 1.82) is 0 Å². The molecule has 1 aromatic heterocycles. The molecule has 0 aliphatic rings. The van der Waals surface area contributed by atoms with E-state index in [1.165, 1.54) is 0 Å². The fourth-order valence-electron chi connectivity index (χ4n) is 2.13. The molecule has 0 bridgehead atoms. The molecule has 0 saturated heterocycles. The zero-order chi connectivity index (χ0) is 18.4. The van der Waals surface area contributed by atoms with Crippen LogP contribution in [-0.2, 0) is 4.79 Å². The van der Waals surface area contributed by atoms with E-state index >= 15 is 0 Å². The molecule has 2 N–H and O–H groups in total. The molecule has 0 radical (unpaired) electrons. The Morgan fingerprint density at radius 2 is 1.77 bits per heavy atom. The van der Waals surface area contributed by atoms with E-state index in [1.807, 2.05) is 12.1 Å². The predicted molar refractivity (Wildman–Crippen MR) is 105 cm³/mol. The van der Waals surface area contributed by atoms with Gasteiger partial charge in [-0.05, 0) is 54.6 Å². The number of nitrogens with one attached hydrogen (secondary N) is 2. The predicted octanol–water partition coefficient (Wildman–Crippen LogP) is 5.15. The minimum absolute atomic E-state index is 0.107. The van der Waals surface area contributed by atoms with Gasteiger partial charge >= 0.3 is 0 Å². The highest BCUT2D eigenvalue weighted by Crippen LogP contribution is 2.20. The van der Waals surface area contributed by atoms with Gasteiger partial charge in [0, 0.05) is 15.7 Å². The number of hydrogen-bond acceptors (Lipinski definition) is 4. The van der Waals surface area contributed by atoms with E-state index in [1.54, 1.807) is 54.7 Å². The molecule has 7 heteroatoms. The van der Waals surface area contributed by atoms with Crippen LogP contribution in [-0.4, -0.2) is 17.5 Å². The first kappa shape index (κ1) is 18.0. The van der Waals surface area contributed by atoms with Crippen molar-refractivity contribution in [3.8, 4) is 5.75 Å². The molecule has 132 valence electrons. The molecule has 0 saturated carbocycles. The summed E-state index contributed by atoms with van der Waals surface area (Å²) in [5, 5.41) is 7.10. The summed E-state index contributed by atoms with van der Waals surface area (Å²) in [6.07, 6.45) is 1.56. The first-order valence-electron chi connectivity index (χ1n) is 7.75. The smallest absolute Gasteiger partial charge is 0.262 e. The van der Waals surface area contributed by atoms with Gasteiger partial charge in [0.05, 0.1) is 11.9 Å². The summed E-state index contributed by atoms with van der Waals surface area (Å²) in [5.74, 6) is 0.934. The first-order valence-corrected chi connectivity index (χ1v) is 8.51. The summed E-state index contributed by atoms with van der Waals surface area (Å²) < 4.78 is 5.39.